The van der Waals surface area contributed by atoms with E-state index in [2.05, 4.69) is 65.0 Å². The first-order valence-electron chi connectivity index (χ1n) is 10.7. The van der Waals surface area contributed by atoms with Gasteiger partial charge in [0, 0.05) is 42.3 Å². The quantitative estimate of drug-likeness (QED) is 0.348. The van der Waals surface area contributed by atoms with Crippen LogP contribution in [0.5, 0.6) is 5.75 Å². The van der Waals surface area contributed by atoms with Gasteiger partial charge in [-0.2, -0.15) is 4.98 Å². The SMILES string of the molecule is COc1ccc(-c2c(C)sc3nc(Cl)nc(N4CCN(c5cccc(C)c5)CC4)c23)cc1. The number of ether oxygens (including phenoxy) is 1. The van der Waals surface area contributed by atoms with E-state index in [0.29, 0.717) is 5.28 Å². The van der Waals surface area contributed by atoms with Crippen LogP contribution in [0.3, 0.4) is 0 Å². The van der Waals surface area contributed by atoms with E-state index in [1.54, 1.807) is 18.4 Å². The third-order valence-electron chi connectivity index (χ3n) is 6.01. The Balaban J connectivity index is 1.51. The molecule has 2 aromatic heterocycles. The Kier molecular flexibility index (Phi) is 5.66. The average molecular weight is 465 g/mol. The van der Waals surface area contributed by atoms with E-state index in [-0.39, 0.29) is 0 Å². The predicted octanol–water partition coefficient (Wildman–Crippen LogP) is 5.96. The molecule has 3 heterocycles. The summed E-state index contributed by atoms with van der Waals surface area (Å²) in [6, 6.07) is 16.9. The zero-order valence-corrected chi connectivity index (χ0v) is 20.0. The van der Waals surface area contributed by atoms with E-state index in [4.69, 9.17) is 21.3 Å². The molecule has 5 rings (SSSR count). The van der Waals surface area contributed by atoms with E-state index in [9.17, 15) is 0 Å². The van der Waals surface area contributed by atoms with Gasteiger partial charge in [0.15, 0.2) is 0 Å². The normalized spacial score (nSPS) is 14.2. The molecule has 164 valence electrons. The monoisotopic (exact) mass is 464 g/mol. The summed E-state index contributed by atoms with van der Waals surface area (Å²) in [5.74, 6) is 1.77. The minimum absolute atomic E-state index is 0.302. The summed E-state index contributed by atoms with van der Waals surface area (Å²) in [6.45, 7) is 7.92. The third-order valence-corrected chi connectivity index (χ3v) is 7.17. The highest BCUT2D eigenvalue weighted by Gasteiger charge is 2.25. The molecule has 4 aromatic rings. The molecule has 0 atom stereocenters. The number of piperazine rings is 1. The molecular weight excluding hydrogens is 440 g/mol. The number of hydrogen-bond acceptors (Lipinski definition) is 6. The van der Waals surface area contributed by atoms with Crippen molar-refractivity contribution in [1.82, 2.24) is 9.97 Å². The summed E-state index contributed by atoms with van der Waals surface area (Å²) >= 11 is 8.03. The summed E-state index contributed by atoms with van der Waals surface area (Å²) in [4.78, 5) is 16.2. The first-order chi connectivity index (χ1) is 15.5. The molecule has 0 radical (unpaired) electrons. The van der Waals surface area contributed by atoms with Crippen LogP contribution in [0.2, 0.25) is 5.28 Å². The fraction of sp³-hybridized carbons (Fsp3) is 0.280. The fourth-order valence-electron chi connectivity index (χ4n) is 4.40. The van der Waals surface area contributed by atoms with Gasteiger partial charge in [-0.25, -0.2) is 4.98 Å². The van der Waals surface area contributed by atoms with Gasteiger partial charge in [0.25, 0.3) is 0 Å². The molecule has 0 saturated carbocycles. The number of anilines is 2. The summed E-state index contributed by atoms with van der Waals surface area (Å²) in [6.07, 6.45) is 0. The number of fused-ring (bicyclic) bond motifs is 1. The van der Waals surface area contributed by atoms with Crippen molar-refractivity contribution in [3.05, 3.63) is 64.3 Å². The lowest BCUT2D eigenvalue weighted by atomic mass is 10.0. The van der Waals surface area contributed by atoms with Gasteiger partial charge in [0.2, 0.25) is 5.28 Å². The van der Waals surface area contributed by atoms with Gasteiger partial charge in [-0.15, -0.1) is 11.3 Å². The molecular formula is C25H25ClN4OS. The van der Waals surface area contributed by atoms with Gasteiger partial charge in [-0.05, 0) is 60.8 Å². The molecule has 0 unspecified atom stereocenters. The highest BCUT2D eigenvalue weighted by atomic mass is 35.5. The zero-order chi connectivity index (χ0) is 22.2. The number of aromatic nitrogens is 2. The van der Waals surface area contributed by atoms with Gasteiger partial charge in [-0.3, -0.25) is 0 Å². The number of hydrogen-bond donors (Lipinski definition) is 0. The fourth-order valence-corrected chi connectivity index (χ4v) is 5.66. The van der Waals surface area contributed by atoms with Crippen molar-refractivity contribution in [2.24, 2.45) is 0 Å². The molecule has 2 aromatic carbocycles. The highest BCUT2D eigenvalue weighted by molar-refractivity contribution is 7.19. The van der Waals surface area contributed by atoms with Crippen molar-refractivity contribution in [3.63, 3.8) is 0 Å². The third kappa shape index (κ3) is 3.89. The average Bonchev–Trinajstić information content (AvgIpc) is 3.14. The van der Waals surface area contributed by atoms with Gasteiger partial charge in [-0.1, -0.05) is 24.3 Å². The summed E-state index contributed by atoms with van der Waals surface area (Å²) in [5.41, 5.74) is 4.88. The minimum Gasteiger partial charge on any atom is -0.497 e. The van der Waals surface area contributed by atoms with Crippen molar-refractivity contribution in [1.29, 1.82) is 0 Å². The van der Waals surface area contributed by atoms with Crippen molar-refractivity contribution in [2.45, 2.75) is 13.8 Å². The van der Waals surface area contributed by atoms with Crippen LogP contribution in [-0.2, 0) is 0 Å². The number of benzene rings is 2. The molecule has 32 heavy (non-hydrogen) atoms. The lowest BCUT2D eigenvalue weighted by Crippen LogP contribution is -2.47. The van der Waals surface area contributed by atoms with Crippen LogP contribution >= 0.6 is 22.9 Å². The Labute approximate surface area is 197 Å². The molecule has 0 spiro atoms. The van der Waals surface area contributed by atoms with Crippen molar-refractivity contribution >= 4 is 44.7 Å². The molecule has 1 saturated heterocycles. The number of rotatable bonds is 4. The second kappa shape index (κ2) is 8.60. The second-order valence-electron chi connectivity index (χ2n) is 8.07. The zero-order valence-electron chi connectivity index (χ0n) is 18.4. The second-order valence-corrected chi connectivity index (χ2v) is 9.61. The first kappa shape index (κ1) is 21.0. The maximum absolute atomic E-state index is 6.36. The molecule has 0 bridgehead atoms. The van der Waals surface area contributed by atoms with Gasteiger partial charge in [0.1, 0.15) is 16.4 Å². The number of nitrogens with zero attached hydrogens (tertiary/aromatic N) is 4. The van der Waals surface area contributed by atoms with Crippen LogP contribution in [0, 0.1) is 13.8 Å². The van der Waals surface area contributed by atoms with Gasteiger partial charge < -0.3 is 14.5 Å². The lowest BCUT2D eigenvalue weighted by Gasteiger charge is -2.37. The number of methoxy groups -OCH3 is 1. The maximum atomic E-state index is 6.36. The van der Waals surface area contributed by atoms with Crippen LogP contribution in [0.25, 0.3) is 21.3 Å². The van der Waals surface area contributed by atoms with E-state index >= 15 is 0 Å². The minimum atomic E-state index is 0.302. The standard InChI is InChI=1S/C25H25ClN4OS/c1-16-5-4-6-19(15-16)29-11-13-30(14-12-29)23-22-21(18-7-9-20(31-3)10-8-18)17(2)32-24(22)28-25(26)27-23/h4-10,15H,11-14H2,1-3H3. The van der Waals surface area contributed by atoms with E-state index in [0.717, 1.165) is 53.5 Å². The van der Waals surface area contributed by atoms with E-state index in [1.807, 2.05) is 12.1 Å². The highest BCUT2D eigenvalue weighted by Crippen LogP contribution is 2.42. The molecule has 1 aliphatic heterocycles. The number of aryl methyl sites for hydroxylation is 2. The number of thiophene rings is 1. The lowest BCUT2D eigenvalue weighted by molar-refractivity contribution is 0.415. The van der Waals surface area contributed by atoms with Crippen LogP contribution < -0.4 is 14.5 Å². The van der Waals surface area contributed by atoms with E-state index in [1.165, 1.54) is 21.7 Å². The van der Waals surface area contributed by atoms with Crippen LogP contribution in [-0.4, -0.2) is 43.3 Å². The largest absolute Gasteiger partial charge is 0.497 e. The summed E-state index contributed by atoms with van der Waals surface area (Å²) in [7, 11) is 1.69. The molecule has 0 aliphatic carbocycles. The Hall–Kier alpha value is -2.83. The predicted molar refractivity (Wildman–Crippen MR) is 135 cm³/mol. The number of halogens is 1. The van der Waals surface area contributed by atoms with E-state index < -0.39 is 0 Å². The summed E-state index contributed by atoms with van der Waals surface area (Å²) in [5, 5.41) is 1.39. The first-order valence-corrected chi connectivity index (χ1v) is 11.9. The molecule has 1 aliphatic rings. The maximum Gasteiger partial charge on any atom is 0.225 e. The smallest absolute Gasteiger partial charge is 0.225 e. The molecule has 5 nitrogen and oxygen atoms in total. The summed E-state index contributed by atoms with van der Waals surface area (Å²) < 4.78 is 5.34. The Morgan fingerprint density at radius 3 is 2.34 bits per heavy atom. The van der Waals surface area contributed by atoms with Crippen molar-refractivity contribution in [3.8, 4) is 16.9 Å². The van der Waals surface area contributed by atoms with Crippen LogP contribution in [0.15, 0.2) is 48.5 Å². The Morgan fingerprint density at radius 1 is 0.938 bits per heavy atom. The topological polar surface area (TPSA) is 41.5 Å². The molecule has 0 N–H and O–H groups in total. The van der Waals surface area contributed by atoms with Gasteiger partial charge in [0.05, 0.1) is 12.5 Å². The van der Waals surface area contributed by atoms with Crippen LogP contribution in [0.1, 0.15) is 10.4 Å². The molecule has 7 heteroatoms. The molecule has 1 fully saturated rings. The van der Waals surface area contributed by atoms with Crippen LogP contribution in [0.4, 0.5) is 11.5 Å². The Bertz CT molecular complexity index is 1260. The molecule has 0 amide bonds. The van der Waals surface area contributed by atoms with Gasteiger partial charge >= 0.3 is 0 Å². The van der Waals surface area contributed by atoms with Crippen molar-refractivity contribution in [2.75, 3.05) is 43.1 Å². The Morgan fingerprint density at radius 2 is 1.66 bits per heavy atom. The van der Waals surface area contributed by atoms with Crippen molar-refractivity contribution < 1.29 is 4.74 Å².